The van der Waals surface area contributed by atoms with Crippen molar-refractivity contribution in [3.8, 4) is 11.8 Å². The number of hydrogen-bond acceptors (Lipinski definition) is 5. The van der Waals surface area contributed by atoms with Gasteiger partial charge in [-0.15, -0.1) is 0 Å². The van der Waals surface area contributed by atoms with Gasteiger partial charge < -0.3 is 26.4 Å². The number of ether oxygens (including phenoxy) is 1. The second kappa shape index (κ2) is 18.2. The van der Waals surface area contributed by atoms with E-state index in [0.29, 0.717) is 5.41 Å². The number of methoxy groups -OCH3 is 1. The number of nitrogens with two attached hydrogens (primary N) is 1. The number of aliphatic imine (C=N–C) groups is 1. The molecule has 216 valence electrons. The zero-order valence-electron chi connectivity index (χ0n) is 24.5. The van der Waals surface area contributed by atoms with Crippen molar-refractivity contribution in [3.63, 3.8) is 0 Å². The Bertz CT molecular complexity index is 1160. The van der Waals surface area contributed by atoms with E-state index >= 15 is 0 Å². The van der Waals surface area contributed by atoms with Gasteiger partial charge in [-0.1, -0.05) is 76.0 Å². The highest BCUT2D eigenvalue weighted by Gasteiger charge is 2.21. The summed E-state index contributed by atoms with van der Waals surface area (Å²) >= 11 is 0. The maximum atomic E-state index is 12.5. The third kappa shape index (κ3) is 16.6. The van der Waals surface area contributed by atoms with Gasteiger partial charge in [0.2, 0.25) is 11.8 Å². The van der Waals surface area contributed by atoms with Gasteiger partial charge in [-0.3, -0.25) is 19.4 Å². The van der Waals surface area contributed by atoms with Crippen molar-refractivity contribution in [1.82, 2.24) is 16.0 Å². The summed E-state index contributed by atoms with van der Waals surface area (Å²) in [6.45, 7) is 8.20. The number of Topliss-reactive ketones (excluding diaryl/α,β-unsaturated/α-hetero) is 1. The molecule has 9 heteroatoms. The Morgan fingerprint density at radius 3 is 2.30 bits per heavy atom. The highest BCUT2D eigenvalue weighted by atomic mass is 16.5. The van der Waals surface area contributed by atoms with Crippen LogP contribution in [-0.4, -0.2) is 63.5 Å². The molecular weight excluding hydrogens is 506 g/mol. The van der Waals surface area contributed by atoms with Crippen LogP contribution in [0.2, 0.25) is 0 Å². The largest absolute Gasteiger partial charge is 0.377 e. The molecule has 5 N–H and O–H groups in total. The molecule has 1 unspecified atom stereocenters. The minimum Gasteiger partial charge on any atom is -0.377 e. The van der Waals surface area contributed by atoms with E-state index in [1.165, 1.54) is 14.2 Å². The fourth-order valence-corrected chi connectivity index (χ4v) is 3.00. The van der Waals surface area contributed by atoms with E-state index in [9.17, 15) is 14.4 Å². The summed E-state index contributed by atoms with van der Waals surface area (Å²) in [6, 6.07) is 6.69. The summed E-state index contributed by atoms with van der Waals surface area (Å²) in [6.07, 6.45) is 11.2. The van der Waals surface area contributed by atoms with Gasteiger partial charge in [0.1, 0.15) is 6.61 Å². The Balaban J connectivity index is 0.00000146. The van der Waals surface area contributed by atoms with Crippen molar-refractivity contribution < 1.29 is 19.1 Å². The van der Waals surface area contributed by atoms with Crippen LogP contribution in [0.3, 0.4) is 0 Å². The van der Waals surface area contributed by atoms with E-state index in [-0.39, 0.29) is 37.9 Å². The first-order chi connectivity index (χ1) is 18.9. The number of benzene rings is 1. The smallest absolute Gasteiger partial charge is 0.239 e. The fourth-order valence-electron chi connectivity index (χ4n) is 3.00. The molecule has 1 aromatic carbocycles. The predicted octanol–water partition coefficient (Wildman–Crippen LogP) is 2.43. The zero-order chi connectivity index (χ0) is 30.0. The minimum absolute atomic E-state index is 0.113. The van der Waals surface area contributed by atoms with Crippen LogP contribution in [0.5, 0.6) is 0 Å². The highest BCUT2D eigenvalue weighted by Crippen LogP contribution is 2.09. The summed E-state index contributed by atoms with van der Waals surface area (Å²) in [5, 5.41) is 7.72. The Labute approximate surface area is 238 Å². The van der Waals surface area contributed by atoms with Crippen molar-refractivity contribution >= 4 is 23.6 Å². The number of nitrogens with zero attached hydrogens (tertiary/aromatic N) is 1. The molecule has 0 bridgehead atoms. The van der Waals surface area contributed by atoms with Crippen LogP contribution in [0.15, 0.2) is 65.2 Å². The first-order valence-corrected chi connectivity index (χ1v) is 13.1. The number of hydrogen-bond donors (Lipinski definition) is 4. The number of amides is 2. The van der Waals surface area contributed by atoms with Crippen molar-refractivity contribution in [2.75, 3.05) is 33.9 Å². The SMILES string of the molecule is CC(C)(C)C.CN=C(N)NCC(=O)NCC(=O)NC(Cc1ccc(C#CC2=CCC=CC=C2)cc1)C(=O)COC. The van der Waals surface area contributed by atoms with Crippen LogP contribution in [0.1, 0.15) is 45.2 Å². The van der Waals surface area contributed by atoms with Crippen LogP contribution in [0.25, 0.3) is 0 Å². The molecule has 0 spiro atoms. The Morgan fingerprint density at radius 2 is 1.68 bits per heavy atom. The van der Waals surface area contributed by atoms with E-state index in [2.05, 4.69) is 72.6 Å². The average molecular weight is 550 g/mol. The van der Waals surface area contributed by atoms with Crippen LogP contribution < -0.4 is 21.7 Å². The van der Waals surface area contributed by atoms with Gasteiger partial charge in [0.25, 0.3) is 0 Å². The molecule has 1 aliphatic rings. The van der Waals surface area contributed by atoms with E-state index in [4.69, 9.17) is 10.5 Å². The molecule has 9 nitrogen and oxygen atoms in total. The Hall–Kier alpha value is -4.16. The van der Waals surface area contributed by atoms with E-state index in [1.54, 1.807) is 0 Å². The molecule has 0 saturated carbocycles. The van der Waals surface area contributed by atoms with Crippen LogP contribution >= 0.6 is 0 Å². The lowest BCUT2D eigenvalue weighted by atomic mass is 10.0. The summed E-state index contributed by atoms with van der Waals surface area (Å²) < 4.78 is 4.95. The summed E-state index contributed by atoms with van der Waals surface area (Å²) in [5.41, 5.74) is 8.61. The number of rotatable bonds is 10. The molecular formula is C31H43N5O4. The quantitative estimate of drug-likeness (QED) is 0.201. The standard InChI is InChI=1S/C26H31N5O4.C5H12/c1-28-26(27)30-16-24(33)29-17-25(34)31-22(23(32)18-35-2)15-21-13-11-20(12-14-21)10-9-19-7-5-3-4-6-8-19;1-5(2,3)4/h3-5,7-8,11-14,22H,6,15-18H2,1-2H3,(H,29,33)(H,31,34)(H3,27,28,30);1-4H3. The molecule has 0 heterocycles. The van der Waals surface area contributed by atoms with Crippen LogP contribution in [0.4, 0.5) is 0 Å². The molecule has 1 aromatic rings. The fraction of sp³-hybridized carbons (Fsp3) is 0.419. The second-order valence-corrected chi connectivity index (χ2v) is 10.6. The summed E-state index contributed by atoms with van der Waals surface area (Å²) in [7, 11) is 2.90. The van der Waals surface area contributed by atoms with Crippen molar-refractivity contribution in [2.24, 2.45) is 16.1 Å². The van der Waals surface area contributed by atoms with Gasteiger partial charge in [-0.05, 0) is 42.0 Å². The number of allylic oxidation sites excluding steroid dienone is 6. The van der Waals surface area contributed by atoms with E-state index in [1.807, 2.05) is 42.5 Å². The Kier molecular flexibility index (Phi) is 15.4. The minimum atomic E-state index is -0.800. The van der Waals surface area contributed by atoms with Crippen molar-refractivity contribution in [2.45, 2.75) is 46.6 Å². The maximum Gasteiger partial charge on any atom is 0.239 e. The van der Waals surface area contributed by atoms with Gasteiger partial charge in [0.15, 0.2) is 11.7 Å². The summed E-state index contributed by atoms with van der Waals surface area (Å²) in [4.78, 5) is 40.3. The number of carbonyl (C=O) groups is 3. The molecule has 1 aliphatic carbocycles. The van der Waals surface area contributed by atoms with Crippen molar-refractivity contribution in [1.29, 1.82) is 0 Å². The lowest BCUT2D eigenvalue weighted by Gasteiger charge is -2.18. The van der Waals surface area contributed by atoms with Gasteiger partial charge >= 0.3 is 0 Å². The Morgan fingerprint density at radius 1 is 1.02 bits per heavy atom. The average Bonchev–Trinajstić information content (AvgIpc) is 3.18. The third-order valence-corrected chi connectivity index (χ3v) is 4.87. The van der Waals surface area contributed by atoms with E-state index < -0.39 is 17.9 Å². The van der Waals surface area contributed by atoms with Crippen LogP contribution in [-0.2, 0) is 25.5 Å². The zero-order valence-corrected chi connectivity index (χ0v) is 24.5. The third-order valence-electron chi connectivity index (χ3n) is 4.87. The number of nitrogens with one attached hydrogen (secondary N) is 3. The lowest BCUT2D eigenvalue weighted by molar-refractivity contribution is -0.130. The number of guanidine groups is 1. The molecule has 0 fully saturated rings. The monoisotopic (exact) mass is 549 g/mol. The lowest BCUT2D eigenvalue weighted by Crippen LogP contribution is -2.49. The highest BCUT2D eigenvalue weighted by molar-refractivity contribution is 5.92. The van der Waals surface area contributed by atoms with Crippen molar-refractivity contribution in [3.05, 3.63) is 71.3 Å². The normalized spacial score (nSPS) is 13.3. The van der Waals surface area contributed by atoms with Gasteiger partial charge in [0.05, 0.1) is 19.1 Å². The van der Waals surface area contributed by atoms with Gasteiger partial charge in [0, 0.05) is 25.3 Å². The van der Waals surface area contributed by atoms with Crippen LogP contribution in [0, 0.1) is 17.3 Å². The summed E-state index contributed by atoms with van der Waals surface area (Å²) in [5.74, 6) is 5.19. The maximum absolute atomic E-state index is 12.5. The van der Waals surface area contributed by atoms with Gasteiger partial charge in [-0.25, -0.2) is 0 Å². The predicted molar refractivity (Wildman–Crippen MR) is 161 cm³/mol. The molecule has 0 aliphatic heterocycles. The molecule has 0 radical (unpaired) electrons. The van der Waals surface area contributed by atoms with Gasteiger partial charge in [-0.2, -0.15) is 0 Å². The first-order valence-electron chi connectivity index (χ1n) is 13.1. The molecule has 2 rings (SSSR count). The number of carbonyl (C=O) groups excluding carboxylic acids is 3. The number of ketones is 1. The molecule has 2 amide bonds. The molecule has 1 atom stereocenters. The molecule has 40 heavy (non-hydrogen) atoms. The second-order valence-electron chi connectivity index (χ2n) is 10.6. The van der Waals surface area contributed by atoms with E-state index in [0.717, 1.165) is 23.1 Å². The first kappa shape index (κ1) is 33.9. The molecule has 0 aromatic heterocycles. The topological polar surface area (TPSA) is 135 Å². The molecule has 0 saturated heterocycles.